The van der Waals surface area contributed by atoms with Crippen molar-refractivity contribution in [2.45, 2.75) is 31.3 Å². The van der Waals surface area contributed by atoms with Crippen LogP contribution in [0.4, 0.5) is 18.0 Å². The average Bonchev–Trinajstić information content (AvgIpc) is 3.17. The maximum absolute atomic E-state index is 12.7. The van der Waals surface area contributed by atoms with Gasteiger partial charge in [-0.2, -0.15) is 18.3 Å². The molecule has 0 saturated carbocycles. The fourth-order valence-corrected chi connectivity index (χ4v) is 3.09. The minimum absolute atomic E-state index is 0.130. The molecule has 0 bridgehead atoms. The predicted octanol–water partition coefficient (Wildman–Crippen LogP) is 2.46. The smallest absolute Gasteiger partial charge is 0.391 e. The van der Waals surface area contributed by atoms with Crippen LogP contribution in [0.1, 0.15) is 29.2 Å². The van der Waals surface area contributed by atoms with Crippen molar-refractivity contribution in [1.29, 1.82) is 0 Å². The van der Waals surface area contributed by atoms with E-state index in [1.54, 1.807) is 24.1 Å². The molecule has 2 amide bonds. The number of nitrogens with zero attached hydrogens (tertiary/aromatic N) is 3. The number of rotatable bonds is 3. The van der Waals surface area contributed by atoms with Gasteiger partial charge in [0.15, 0.2) is 0 Å². The highest BCUT2D eigenvalue weighted by Crippen LogP contribution is 2.35. The highest BCUT2D eigenvalue weighted by atomic mass is 19.4. The maximum Gasteiger partial charge on any atom is 0.416 e. The van der Waals surface area contributed by atoms with E-state index in [1.807, 2.05) is 0 Å². The zero-order valence-electron chi connectivity index (χ0n) is 14.1. The number of hydrogen-bond acceptors (Lipinski definition) is 3. The Labute approximate surface area is 148 Å². The highest BCUT2D eigenvalue weighted by Gasteiger charge is 2.36. The van der Waals surface area contributed by atoms with Crippen molar-refractivity contribution in [3.05, 3.63) is 53.3 Å². The van der Waals surface area contributed by atoms with E-state index in [2.05, 4.69) is 10.4 Å². The van der Waals surface area contributed by atoms with Gasteiger partial charge in [0.25, 0.3) is 0 Å². The summed E-state index contributed by atoms with van der Waals surface area (Å²) in [6, 6.07) is 3.84. The molecule has 2 N–H and O–H groups in total. The van der Waals surface area contributed by atoms with Gasteiger partial charge in [-0.15, -0.1) is 0 Å². The number of amides is 2. The summed E-state index contributed by atoms with van der Waals surface area (Å²) in [5, 5.41) is 16.7. The number of nitrogens with one attached hydrogen (secondary N) is 1. The van der Waals surface area contributed by atoms with Gasteiger partial charge in [-0.25, -0.2) is 4.79 Å². The van der Waals surface area contributed by atoms with Crippen molar-refractivity contribution in [2.75, 3.05) is 6.54 Å². The lowest BCUT2D eigenvalue weighted by molar-refractivity contribution is -0.137. The lowest BCUT2D eigenvalue weighted by atomic mass is 10.0. The van der Waals surface area contributed by atoms with E-state index >= 15 is 0 Å². The third-order valence-electron chi connectivity index (χ3n) is 4.36. The number of likely N-dealkylation sites (tertiary alicyclic amines) is 1. The molecule has 2 heterocycles. The van der Waals surface area contributed by atoms with Crippen molar-refractivity contribution >= 4 is 6.03 Å². The molecule has 1 aliphatic heterocycles. The molecular weight excluding hydrogens is 349 g/mol. The van der Waals surface area contributed by atoms with Gasteiger partial charge in [-0.3, -0.25) is 4.68 Å². The molecular formula is C17H19F3N4O2. The first-order valence-corrected chi connectivity index (χ1v) is 8.11. The summed E-state index contributed by atoms with van der Waals surface area (Å²) in [5.41, 5.74) is 0.644. The molecule has 2 atom stereocenters. The normalized spacial score (nSPS) is 20.4. The number of halogens is 3. The number of carbonyl (C=O) groups excluding carboxylic acids is 1. The minimum Gasteiger partial charge on any atom is -0.391 e. The van der Waals surface area contributed by atoms with Gasteiger partial charge in [0.05, 0.1) is 23.9 Å². The van der Waals surface area contributed by atoms with E-state index < -0.39 is 23.9 Å². The molecule has 2 unspecified atom stereocenters. The molecule has 0 aliphatic carbocycles. The van der Waals surface area contributed by atoms with Crippen molar-refractivity contribution < 1.29 is 23.1 Å². The summed E-state index contributed by atoms with van der Waals surface area (Å²) >= 11 is 0. The summed E-state index contributed by atoms with van der Waals surface area (Å²) in [5.74, 6) is 0. The number of aromatic nitrogens is 2. The first-order chi connectivity index (χ1) is 12.2. The molecule has 2 aromatic rings. The Morgan fingerprint density at radius 3 is 2.62 bits per heavy atom. The molecule has 0 spiro atoms. The van der Waals surface area contributed by atoms with Crippen LogP contribution in [0, 0.1) is 0 Å². The molecule has 1 saturated heterocycles. The van der Waals surface area contributed by atoms with E-state index in [0.717, 1.165) is 17.7 Å². The predicted molar refractivity (Wildman–Crippen MR) is 87.0 cm³/mol. The lowest BCUT2D eigenvalue weighted by Gasteiger charge is -2.25. The number of carbonyl (C=O) groups is 1. The largest absolute Gasteiger partial charge is 0.416 e. The van der Waals surface area contributed by atoms with E-state index in [0.29, 0.717) is 5.56 Å². The van der Waals surface area contributed by atoms with E-state index in [-0.39, 0.29) is 25.5 Å². The summed E-state index contributed by atoms with van der Waals surface area (Å²) in [7, 11) is 1.77. The molecule has 1 fully saturated rings. The third kappa shape index (κ3) is 3.98. The molecule has 0 radical (unpaired) electrons. The number of urea groups is 1. The molecule has 1 aromatic heterocycles. The van der Waals surface area contributed by atoms with Gasteiger partial charge >= 0.3 is 12.2 Å². The van der Waals surface area contributed by atoms with Crippen LogP contribution in [0.25, 0.3) is 0 Å². The molecule has 140 valence electrons. The number of alkyl halides is 3. The van der Waals surface area contributed by atoms with Gasteiger partial charge in [0.1, 0.15) is 0 Å². The third-order valence-corrected chi connectivity index (χ3v) is 4.36. The second-order valence-electron chi connectivity index (χ2n) is 6.36. The quantitative estimate of drug-likeness (QED) is 0.874. The Morgan fingerprint density at radius 1 is 1.35 bits per heavy atom. The zero-order valence-corrected chi connectivity index (χ0v) is 14.1. The van der Waals surface area contributed by atoms with E-state index in [9.17, 15) is 23.1 Å². The monoisotopic (exact) mass is 368 g/mol. The fraction of sp³-hybridized carbons (Fsp3) is 0.412. The van der Waals surface area contributed by atoms with Gasteiger partial charge in [-0.1, -0.05) is 12.1 Å². The second-order valence-corrected chi connectivity index (χ2v) is 6.36. The number of benzene rings is 1. The summed E-state index contributed by atoms with van der Waals surface area (Å²) in [6.07, 6.45) is -1.44. The van der Waals surface area contributed by atoms with Crippen LogP contribution in [0.3, 0.4) is 0 Å². The van der Waals surface area contributed by atoms with Gasteiger partial charge in [0, 0.05) is 31.9 Å². The van der Waals surface area contributed by atoms with Gasteiger partial charge < -0.3 is 15.3 Å². The zero-order chi connectivity index (χ0) is 18.9. The molecule has 1 aromatic carbocycles. The standard InChI is InChI=1S/C17H19F3N4O2/c1-23-9-11(8-22-23)7-21-16(26)24-10-14(25)6-15(24)12-2-4-13(5-3-12)17(18,19)20/h2-5,8-9,14-15,25H,6-7,10H2,1H3,(H,21,26). The Balaban J connectivity index is 1.70. The Kier molecular flexibility index (Phi) is 4.90. The molecule has 3 rings (SSSR count). The summed E-state index contributed by atoms with van der Waals surface area (Å²) < 4.78 is 39.7. The van der Waals surface area contributed by atoms with Crippen molar-refractivity contribution in [2.24, 2.45) is 7.05 Å². The van der Waals surface area contributed by atoms with Crippen LogP contribution in [0.2, 0.25) is 0 Å². The molecule has 9 heteroatoms. The number of β-amino-alcohol motifs (C(OH)–C–C–N with tert-alkyl or cyclic N) is 1. The highest BCUT2D eigenvalue weighted by molar-refractivity contribution is 5.75. The Morgan fingerprint density at radius 2 is 2.04 bits per heavy atom. The van der Waals surface area contributed by atoms with E-state index in [4.69, 9.17) is 0 Å². The van der Waals surface area contributed by atoms with Crippen LogP contribution in [-0.2, 0) is 19.8 Å². The number of aliphatic hydroxyl groups excluding tert-OH is 1. The first-order valence-electron chi connectivity index (χ1n) is 8.11. The van der Waals surface area contributed by atoms with E-state index in [1.165, 1.54) is 17.0 Å². The van der Waals surface area contributed by atoms with Crippen molar-refractivity contribution in [1.82, 2.24) is 20.0 Å². The van der Waals surface area contributed by atoms with Crippen LogP contribution < -0.4 is 5.32 Å². The van der Waals surface area contributed by atoms with Crippen LogP contribution >= 0.6 is 0 Å². The van der Waals surface area contributed by atoms with Crippen LogP contribution in [-0.4, -0.2) is 38.5 Å². The Bertz CT molecular complexity index is 773. The van der Waals surface area contributed by atoms with Crippen LogP contribution in [0.15, 0.2) is 36.7 Å². The van der Waals surface area contributed by atoms with Crippen LogP contribution in [0.5, 0.6) is 0 Å². The topological polar surface area (TPSA) is 70.4 Å². The molecule has 1 aliphatic rings. The summed E-state index contributed by atoms with van der Waals surface area (Å²) in [4.78, 5) is 13.9. The minimum atomic E-state index is -4.41. The first kappa shape index (κ1) is 18.2. The molecule has 26 heavy (non-hydrogen) atoms. The van der Waals surface area contributed by atoms with Gasteiger partial charge in [-0.05, 0) is 24.1 Å². The summed E-state index contributed by atoms with van der Waals surface area (Å²) in [6.45, 7) is 0.406. The fourth-order valence-electron chi connectivity index (χ4n) is 3.09. The number of aliphatic hydroxyl groups is 1. The second kappa shape index (κ2) is 6.99. The molecule has 6 nitrogen and oxygen atoms in total. The lowest BCUT2D eigenvalue weighted by Crippen LogP contribution is -2.39. The number of aryl methyl sites for hydroxylation is 1. The van der Waals surface area contributed by atoms with Gasteiger partial charge in [0.2, 0.25) is 0 Å². The average molecular weight is 368 g/mol. The van der Waals surface area contributed by atoms with Crippen molar-refractivity contribution in [3.63, 3.8) is 0 Å². The Hall–Kier alpha value is -2.55. The van der Waals surface area contributed by atoms with Crippen molar-refractivity contribution in [3.8, 4) is 0 Å². The number of hydrogen-bond donors (Lipinski definition) is 2. The SMILES string of the molecule is Cn1cc(CNC(=O)N2CC(O)CC2c2ccc(C(F)(F)F)cc2)cn1. The maximum atomic E-state index is 12.7.